The lowest BCUT2D eigenvalue weighted by molar-refractivity contribution is 0.0199. The molecule has 1 radical (unpaired) electrons. The third kappa shape index (κ3) is 7.92. The zero-order valence-corrected chi connectivity index (χ0v) is 6.93. The van der Waals surface area contributed by atoms with E-state index in [0.29, 0.717) is 0 Å². The summed E-state index contributed by atoms with van der Waals surface area (Å²) in [7, 11) is 0. The Labute approximate surface area is 63.5 Å². The highest BCUT2D eigenvalue weighted by molar-refractivity contribution is 4.34. The Hall–Kier alpha value is -0.0800. The van der Waals surface area contributed by atoms with E-state index in [1.54, 1.807) is 0 Å². The minimum atomic E-state index is 0.756. The van der Waals surface area contributed by atoms with Crippen molar-refractivity contribution < 1.29 is 9.47 Å². The Morgan fingerprint density at radius 1 is 1.00 bits per heavy atom. The van der Waals surface area contributed by atoms with E-state index in [0.717, 1.165) is 26.1 Å². The topological polar surface area (TPSA) is 18.5 Å². The molecule has 0 aromatic rings. The van der Waals surface area contributed by atoms with Gasteiger partial charge >= 0.3 is 0 Å². The summed E-state index contributed by atoms with van der Waals surface area (Å²) in [6, 6.07) is 0. The fourth-order valence-electron chi connectivity index (χ4n) is 0.490. The lowest BCUT2D eigenvalue weighted by atomic mass is 10.4. The summed E-state index contributed by atoms with van der Waals surface area (Å²) in [4.78, 5) is 0. The molecule has 0 spiro atoms. The van der Waals surface area contributed by atoms with Crippen LogP contribution in [0.3, 0.4) is 0 Å². The lowest BCUT2D eigenvalue weighted by Gasteiger charge is -2.01. The predicted molar refractivity (Wildman–Crippen MR) is 41.4 cm³/mol. The second-order valence-corrected chi connectivity index (χ2v) is 2.19. The van der Waals surface area contributed by atoms with E-state index in [-0.39, 0.29) is 0 Å². The number of ether oxygens (including phenoxy) is 2. The standard InChI is InChI=1S/C8H17O2/c1-3-5-7-10-8-9-6-4-2/h8H,3-7H2,1-2H3. The van der Waals surface area contributed by atoms with Crippen LogP contribution in [0.25, 0.3) is 0 Å². The highest BCUT2D eigenvalue weighted by Gasteiger charge is 1.86. The Bertz CT molecular complexity index is 47.2. The highest BCUT2D eigenvalue weighted by Crippen LogP contribution is 1.91. The fourth-order valence-corrected chi connectivity index (χ4v) is 0.490. The van der Waals surface area contributed by atoms with Gasteiger partial charge in [0.15, 0.2) is 0 Å². The average molecular weight is 145 g/mol. The molecular formula is C8H17O2. The van der Waals surface area contributed by atoms with Crippen LogP contribution in [0, 0.1) is 6.79 Å². The van der Waals surface area contributed by atoms with Gasteiger partial charge in [-0.1, -0.05) is 20.3 Å². The minimum absolute atomic E-state index is 0.756. The summed E-state index contributed by atoms with van der Waals surface area (Å²) in [5, 5.41) is 0. The van der Waals surface area contributed by atoms with Crippen molar-refractivity contribution in [2.75, 3.05) is 13.2 Å². The fraction of sp³-hybridized carbons (Fsp3) is 0.875. The number of hydrogen-bond donors (Lipinski definition) is 0. The molecule has 0 saturated carbocycles. The maximum atomic E-state index is 5.03. The Balaban J connectivity index is 2.65. The molecule has 0 unspecified atom stereocenters. The molecular weight excluding hydrogens is 128 g/mol. The van der Waals surface area contributed by atoms with E-state index >= 15 is 0 Å². The number of rotatable bonds is 7. The zero-order valence-electron chi connectivity index (χ0n) is 6.93. The second kappa shape index (κ2) is 8.92. The summed E-state index contributed by atoms with van der Waals surface area (Å²) >= 11 is 0. The van der Waals surface area contributed by atoms with Gasteiger partial charge in [0.2, 0.25) is 6.79 Å². The molecule has 0 aliphatic heterocycles. The van der Waals surface area contributed by atoms with Gasteiger partial charge in [-0.05, 0) is 12.8 Å². The number of unbranched alkanes of at least 4 members (excludes halogenated alkanes) is 1. The van der Waals surface area contributed by atoms with E-state index in [1.807, 2.05) is 0 Å². The van der Waals surface area contributed by atoms with Crippen LogP contribution in [0.15, 0.2) is 0 Å². The molecule has 0 amide bonds. The first-order valence-electron chi connectivity index (χ1n) is 3.96. The van der Waals surface area contributed by atoms with Crippen LogP contribution >= 0.6 is 0 Å². The van der Waals surface area contributed by atoms with Gasteiger partial charge in [-0.3, -0.25) is 0 Å². The normalized spacial score (nSPS) is 10.2. The van der Waals surface area contributed by atoms with Gasteiger partial charge in [0.25, 0.3) is 0 Å². The van der Waals surface area contributed by atoms with Gasteiger partial charge in [0, 0.05) is 13.2 Å². The van der Waals surface area contributed by atoms with E-state index in [2.05, 4.69) is 13.8 Å². The molecule has 0 fully saturated rings. The van der Waals surface area contributed by atoms with Gasteiger partial charge in [0.05, 0.1) is 0 Å². The predicted octanol–water partition coefficient (Wildman–Crippen LogP) is 2.35. The summed E-state index contributed by atoms with van der Waals surface area (Å²) in [5.74, 6) is 0. The van der Waals surface area contributed by atoms with Crippen molar-refractivity contribution in [3.8, 4) is 0 Å². The molecule has 0 heterocycles. The van der Waals surface area contributed by atoms with Crippen LogP contribution in [0.1, 0.15) is 33.1 Å². The smallest absolute Gasteiger partial charge is 0.209 e. The van der Waals surface area contributed by atoms with Crippen molar-refractivity contribution in [1.82, 2.24) is 0 Å². The summed E-state index contributed by atoms with van der Waals surface area (Å²) in [6.45, 7) is 7.18. The molecule has 0 saturated heterocycles. The molecule has 0 rings (SSSR count). The molecule has 61 valence electrons. The SMILES string of the molecule is CCCCO[CH]OCCC. The first-order chi connectivity index (χ1) is 4.91. The van der Waals surface area contributed by atoms with Gasteiger partial charge in [-0.15, -0.1) is 0 Å². The molecule has 10 heavy (non-hydrogen) atoms. The number of hydrogen-bond acceptors (Lipinski definition) is 2. The lowest BCUT2D eigenvalue weighted by Crippen LogP contribution is -1.95. The van der Waals surface area contributed by atoms with Crippen molar-refractivity contribution in [1.29, 1.82) is 0 Å². The first kappa shape index (κ1) is 9.92. The van der Waals surface area contributed by atoms with Crippen LogP contribution in [-0.4, -0.2) is 13.2 Å². The molecule has 0 aliphatic rings. The summed E-state index contributed by atoms with van der Waals surface area (Å²) in [6.07, 6.45) is 3.31. The Morgan fingerprint density at radius 3 is 2.30 bits per heavy atom. The van der Waals surface area contributed by atoms with Crippen LogP contribution < -0.4 is 0 Å². The molecule has 2 heteroatoms. The monoisotopic (exact) mass is 145 g/mol. The van der Waals surface area contributed by atoms with Crippen molar-refractivity contribution >= 4 is 0 Å². The average Bonchev–Trinajstić information content (AvgIpc) is 1.97. The molecule has 0 aromatic carbocycles. The van der Waals surface area contributed by atoms with Gasteiger partial charge in [-0.2, -0.15) is 0 Å². The molecule has 0 aliphatic carbocycles. The Kier molecular flexibility index (Phi) is 8.85. The van der Waals surface area contributed by atoms with Crippen LogP contribution in [-0.2, 0) is 9.47 Å². The third-order valence-electron chi connectivity index (χ3n) is 1.07. The maximum Gasteiger partial charge on any atom is 0.209 e. The summed E-state index contributed by atoms with van der Waals surface area (Å²) in [5.41, 5.74) is 0. The first-order valence-corrected chi connectivity index (χ1v) is 3.96. The molecule has 2 nitrogen and oxygen atoms in total. The van der Waals surface area contributed by atoms with Gasteiger partial charge in [0.1, 0.15) is 0 Å². The molecule has 0 N–H and O–H groups in total. The highest BCUT2D eigenvalue weighted by atomic mass is 16.7. The van der Waals surface area contributed by atoms with Crippen LogP contribution in [0.4, 0.5) is 0 Å². The maximum absolute atomic E-state index is 5.03. The van der Waals surface area contributed by atoms with Gasteiger partial charge in [-0.25, -0.2) is 0 Å². The van der Waals surface area contributed by atoms with E-state index < -0.39 is 0 Å². The quantitative estimate of drug-likeness (QED) is 0.512. The molecule has 0 aromatic heterocycles. The van der Waals surface area contributed by atoms with Crippen LogP contribution in [0.2, 0.25) is 0 Å². The van der Waals surface area contributed by atoms with E-state index in [4.69, 9.17) is 9.47 Å². The van der Waals surface area contributed by atoms with Crippen molar-refractivity contribution in [2.24, 2.45) is 0 Å². The van der Waals surface area contributed by atoms with Crippen molar-refractivity contribution in [3.05, 3.63) is 6.79 Å². The van der Waals surface area contributed by atoms with Gasteiger partial charge < -0.3 is 9.47 Å². The van der Waals surface area contributed by atoms with Crippen molar-refractivity contribution in [2.45, 2.75) is 33.1 Å². The molecule has 0 atom stereocenters. The van der Waals surface area contributed by atoms with Crippen LogP contribution in [0.5, 0.6) is 0 Å². The molecule has 0 bridgehead atoms. The van der Waals surface area contributed by atoms with Crippen molar-refractivity contribution in [3.63, 3.8) is 0 Å². The Morgan fingerprint density at radius 2 is 1.70 bits per heavy atom. The largest absolute Gasteiger partial charge is 0.348 e. The summed E-state index contributed by atoms with van der Waals surface area (Å²) < 4.78 is 10.0. The second-order valence-electron chi connectivity index (χ2n) is 2.19. The van der Waals surface area contributed by atoms with E-state index in [1.165, 1.54) is 13.2 Å². The zero-order chi connectivity index (χ0) is 7.66. The van der Waals surface area contributed by atoms with E-state index in [9.17, 15) is 0 Å². The third-order valence-corrected chi connectivity index (χ3v) is 1.07. The minimum Gasteiger partial charge on any atom is -0.348 e.